The van der Waals surface area contributed by atoms with Crippen LogP contribution in [-0.4, -0.2) is 76.2 Å². The number of esters is 1. The summed E-state index contributed by atoms with van der Waals surface area (Å²) in [6, 6.07) is 8.85. The summed E-state index contributed by atoms with van der Waals surface area (Å²) in [5, 5.41) is 9.37. The van der Waals surface area contributed by atoms with Gasteiger partial charge in [0, 0.05) is 26.2 Å². The number of carbonyl (C=O) groups excluding carboxylic acids is 3. The van der Waals surface area contributed by atoms with Crippen LogP contribution in [0.15, 0.2) is 55.6 Å². The first-order chi connectivity index (χ1) is 18.8. The van der Waals surface area contributed by atoms with Crippen LogP contribution < -0.4 is 0 Å². The van der Waals surface area contributed by atoms with Gasteiger partial charge in [0.1, 0.15) is 17.6 Å². The first kappa shape index (κ1) is 29.0. The van der Waals surface area contributed by atoms with Gasteiger partial charge < -0.3 is 24.4 Å². The van der Waals surface area contributed by atoms with Crippen molar-refractivity contribution in [1.82, 2.24) is 9.80 Å². The third-order valence-corrected chi connectivity index (χ3v) is 8.50. The molecule has 3 aliphatic heterocycles. The number of carbonyl (C=O) groups is 3. The fourth-order valence-electron chi connectivity index (χ4n) is 6.72. The van der Waals surface area contributed by atoms with Gasteiger partial charge >= 0.3 is 5.97 Å². The standard InChI is InChI=1S/C31H42N2O6/c1-4-6-7-13-21-38-29(37)25-24-27(35)33(19-11-12-20-34)26(31(24)17-16-30(25,3)39-31)28(36)32(18-5-2)22-23-14-9-8-10-15-23/h4-5,8-10,14-15,24-26,34H,1-2,6-7,11-13,16-22H2,3H3/t24-,25+,26?,30-,31?/m0/s1. The molecule has 3 heterocycles. The highest BCUT2D eigenvalue weighted by atomic mass is 16.6. The molecular formula is C31H42N2O6. The van der Waals surface area contributed by atoms with Crippen molar-refractivity contribution < 1.29 is 29.0 Å². The molecule has 8 nitrogen and oxygen atoms in total. The van der Waals surface area contributed by atoms with Gasteiger partial charge in [0.2, 0.25) is 11.8 Å². The van der Waals surface area contributed by atoms with Crippen LogP contribution in [0, 0.1) is 11.8 Å². The van der Waals surface area contributed by atoms with E-state index >= 15 is 0 Å². The number of benzene rings is 1. The number of ether oxygens (including phenoxy) is 2. The van der Waals surface area contributed by atoms with Crippen molar-refractivity contribution in [2.75, 3.05) is 26.3 Å². The molecule has 39 heavy (non-hydrogen) atoms. The molecule has 1 spiro atoms. The highest BCUT2D eigenvalue weighted by Crippen LogP contribution is 2.63. The number of fused-ring (bicyclic) bond motifs is 1. The normalized spacial score (nSPS) is 28.8. The molecule has 1 aromatic rings. The van der Waals surface area contributed by atoms with Gasteiger partial charge in [0.25, 0.3) is 0 Å². The lowest BCUT2D eigenvalue weighted by Gasteiger charge is -2.37. The summed E-state index contributed by atoms with van der Waals surface area (Å²) in [6.07, 6.45) is 8.11. The molecule has 0 aliphatic carbocycles. The maximum Gasteiger partial charge on any atom is 0.312 e. The van der Waals surface area contributed by atoms with E-state index in [1.165, 1.54) is 0 Å². The molecule has 3 saturated heterocycles. The molecule has 3 aliphatic rings. The SMILES string of the molecule is C=CCCCCOC(=O)[C@H]1[C@H]2C(=O)N(CCCCO)C(C(=O)N(CC=C)Cc3ccccc3)C23CC[C@]1(C)O3. The van der Waals surface area contributed by atoms with Crippen LogP contribution in [0.3, 0.4) is 0 Å². The lowest BCUT2D eigenvalue weighted by atomic mass is 9.66. The number of rotatable bonds is 15. The van der Waals surface area contributed by atoms with Gasteiger partial charge in [-0.2, -0.15) is 0 Å². The maximum atomic E-state index is 14.3. The van der Waals surface area contributed by atoms with Crippen molar-refractivity contribution in [3.63, 3.8) is 0 Å². The van der Waals surface area contributed by atoms with Crippen molar-refractivity contribution in [3.05, 3.63) is 61.2 Å². The highest BCUT2D eigenvalue weighted by Gasteiger charge is 2.78. The Hall–Kier alpha value is -2.97. The molecule has 0 saturated carbocycles. The minimum Gasteiger partial charge on any atom is -0.465 e. The van der Waals surface area contributed by atoms with Crippen molar-refractivity contribution in [2.24, 2.45) is 11.8 Å². The fraction of sp³-hybridized carbons (Fsp3) is 0.581. The first-order valence-electron chi connectivity index (χ1n) is 14.2. The average molecular weight is 539 g/mol. The molecular weight excluding hydrogens is 496 g/mol. The summed E-state index contributed by atoms with van der Waals surface area (Å²) in [5.74, 6) is -2.41. The molecule has 0 aromatic heterocycles. The van der Waals surface area contributed by atoms with Crippen LogP contribution in [0.2, 0.25) is 0 Å². The van der Waals surface area contributed by atoms with Gasteiger partial charge in [0.05, 0.1) is 18.1 Å². The van der Waals surface area contributed by atoms with E-state index in [0.717, 1.165) is 24.8 Å². The van der Waals surface area contributed by atoms with Crippen LogP contribution >= 0.6 is 0 Å². The van der Waals surface area contributed by atoms with Crippen LogP contribution in [0.1, 0.15) is 57.4 Å². The second-order valence-electron chi connectivity index (χ2n) is 11.1. The number of likely N-dealkylation sites (tertiary alicyclic amines) is 1. The van der Waals surface area contributed by atoms with E-state index in [9.17, 15) is 19.5 Å². The molecule has 212 valence electrons. The number of hydrogen-bond donors (Lipinski definition) is 1. The monoisotopic (exact) mass is 538 g/mol. The molecule has 3 fully saturated rings. The third-order valence-electron chi connectivity index (χ3n) is 8.50. The Bertz CT molecular complexity index is 1060. The Morgan fingerprint density at radius 1 is 1.15 bits per heavy atom. The van der Waals surface area contributed by atoms with E-state index in [1.54, 1.807) is 15.9 Å². The first-order valence-corrected chi connectivity index (χ1v) is 14.2. The van der Waals surface area contributed by atoms with E-state index in [-0.39, 0.29) is 25.0 Å². The summed E-state index contributed by atoms with van der Waals surface area (Å²) >= 11 is 0. The minimum atomic E-state index is -1.09. The van der Waals surface area contributed by atoms with Gasteiger partial charge in [-0.1, -0.05) is 42.5 Å². The highest BCUT2D eigenvalue weighted by molar-refractivity contribution is 5.98. The van der Waals surface area contributed by atoms with Gasteiger partial charge in [0.15, 0.2) is 0 Å². The van der Waals surface area contributed by atoms with Crippen LogP contribution in [0.5, 0.6) is 0 Å². The Labute approximate surface area is 231 Å². The van der Waals surface area contributed by atoms with Gasteiger partial charge in [-0.05, 0) is 57.4 Å². The van der Waals surface area contributed by atoms with Crippen molar-refractivity contribution in [3.8, 4) is 0 Å². The Kier molecular flexibility index (Phi) is 9.28. The third kappa shape index (κ3) is 5.54. The van der Waals surface area contributed by atoms with Gasteiger partial charge in [-0.3, -0.25) is 14.4 Å². The van der Waals surface area contributed by atoms with E-state index in [0.29, 0.717) is 45.3 Å². The summed E-state index contributed by atoms with van der Waals surface area (Å²) in [6.45, 7) is 10.7. The van der Waals surface area contributed by atoms with Gasteiger partial charge in [-0.25, -0.2) is 0 Å². The number of nitrogens with zero attached hydrogens (tertiary/aromatic N) is 2. The minimum absolute atomic E-state index is 0.00118. The van der Waals surface area contributed by atoms with Crippen LogP contribution in [0.4, 0.5) is 0 Å². The van der Waals surface area contributed by atoms with Crippen molar-refractivity contribution in [2.45, 2.75) is 75.7 Å². The summed E-state index contributed by atoms with van der Waals surface area (Å²) < 4.78 is 12.3. The number of unbranched alkanes of at least 4 members (excludes halogenated alkanes) is 3. The zero-order chi connectivity index (χ0) is 28.0. The molecule has 1 aromatic carbocycles. The van der Waals surface area contributed by atoms with E-state index in [4.69, 9.17) is 9.47 Å². The van der Waals surface area contributed by atoms with E-state index in [2.05, 4.69) is 13.2 Å². The smallest absolute Gasteiger partial charge is 0.312 e. The van der Waals surface area contributed by atoms with E-state index < -0.39 is 35.0 Å². The van der Waals surface area contributed by atoms with E-state index in [1.807, 2.05) is 43.3 Å². The second-order valence-corrected chi connectivity index (χ2v) is 11.1. The number of allylic oxidation sites excluding steroid dienone is 1. The predicted molar refractivity (Wildman–Crippen MR) is 147 cm³/mol. The molecule has 2 bridgehead atoms. The molecule has 8 heteroatoms. The van der Waals surface area contributed by atoms with Crippen LogP contribution in [0.25, 0.3) is 0 Å². The van der Waals surface area contributed by atoms with Crippen LogP contribution in [-0.2, 0) is 30.4 Å². The Morgan fingerprint density at radius 3 is 2.62 bits per heavy atom. The number of aliphatic hydroxyl groups is 1. The number of amides is 2. The number of hydrogen-bond acceptors (Lipinski definition) is 6. The summed E-state index contributed by atoms with van der Waals surface area (Å²) in [5.41, 5.74) is -0.985. The zero-order valence-electron chi connectivity index (χ0n) is 23.1. The molecule has 2 unspecified atom stereocenters. The average Bonchev–Trinajstić information content (AvgIpc) is 3.49. The lowest BCUT2D eigenvalue weighted by molar-refractivity contribution is -0.160. The molecule has 4 rings (SSSR count). The quantitative estimate of drug-likeness (QED) is 0.208. The zero-order valence-corrected chi connectivity index (χ0v) is 23.1. The maximum absolute atomic E-state index is 14.3. The largest absolute Gasteiger partial charge is 0.465 e. The second kappa shape index (κ2) is 12.5. The molecule has 1 N–H and O–H groups in total. The summed E-state index contributed by atoms with van der Waals surface area (Å²) in [4.78, 5) is 45.2. The number of aliphatic hydroxyl groups excluding tert-OH is 1. The Morgan fingerprint density at radius 2 is 1.92 bits per heavy atom. The molecule has 0 radical (unpaired) electrons. The topological polar surface area (TPSA) is 96.4 Å². The molecule has 2 amide bonds. The summed E-state index contributed by atoms with van der Waals surface area (Å²) in [7, 11) is 0. The fourth-order valence-corrected chi connectivity index (χ4v) is 6.72. The predicted octanol–water partition coefficient (Wildman–Crippen LogP) is 3.64. The lowest BCUT2D eigenvalue weighted by Crippen LogP contribution is -2.56. The van der Waals surface area contributed by atoms with Crippen molar-refractivity contribution >= 4 is 17.8 Å². The molecule has 5 atom stereocenters. The Balaban J connectivity index is 1.64. The van der Waals surface area contributed by atoms with Crippen molar-refractivity contribution in [1.29, 1.82) is 0 Å². The van der Waals surface area contributed by atoms with Gasteiger partial charge in [-0.15, -0.1) is 13.2 Å².